The van der Waals surface area contributed by atoms with Gasteiger partial charge in [-0.15, -0.1) is 0 Å². The van der Waals surface area contributed by atoms with Crippen LogP contribution in [-0.2, 0) is 0 Å². The fraction of sp³-hybridized carbons (Fsp3) is 1.00. The molecule has 0 aliphatic heterocycles. The molecule has 0 unspecified atom stereocenters. The smallest absolute Gasteiger partial charge is 0.0443 e. The van der Waals surface area contributed by atoms with Crippen molar-refractivity contribution < 1.29 is 5.11 Å². The van der Waals surface area contributed by atoms with Gasteiger partial charge < -0.3 is 15.7 Å². The maximum absolute atomic E-state index is 7.99. The highest BCUT2D eigenvalue weighted by molar-refractivity contribution is 4.64. The van der Waals surface area contributed by atoms with Crippen LogP contribution in [-0.4, -0.2) is 42.8 Å². The van der Waals surface area contributed by atoms with E-state index in [0.717, 1.165) is 24.2 Å². The van der Waals surface area contributed by atoms with Crippen LogP contribution in [0.15, 0.2) is 0 Å². The molecule has 0 rings (SSSR count). The van der Waals surface area contributed by atoms with Crippen molar-refractivity contribution in [1.29, 1.82) is 0 Å². The first-order valence-electron chi connectivity index (χ1n) is 7.36. The third-order valence-electron chi connectivity index (χ3n) is 2.23. The van der Waals surface area contributed by atoms with Gasteiger partial charge in [-0.1, -0.05) is 41.5 Å². The molecule has 0 aliphatic carbocycles. The maximum Gasteiger partial charge on any atom is 0.0443 e. The summed E-state index contributed by atoms with van der Waals surface area (Å²) in [7, 11) is 0. The molecule has 112 valence electrons. The van der Waals surface area contributed by atoms with Crippen molar-refractivity contribution in [2.24, 2.45) is 23.5 Å². The van der Waals surface area contributed by atoms with Crippen molar-refractivity contribution in [2.45, 2.75) is 48.0 Å². The summed E-state index contributed by atoms with van der Waals surface area (Å²) in [6, 6.07) is 0. The predicted molar refractivity (Wildman–Crippen MR) is 81.7 cm³/mol. The fourth-order valence-electron chi connectivity index (χ4n) is 1.86. The molecule has 18 heavy (non-hydrogen) atoms. The van der Waals surface area contributed by atoms with Crippen molar-refractivity contribution in [1.82, 2.24) is 4.90 Å². The van der Waals surface area contributed by atoms with E-state index in [1.165, 1.54) is 19.6 Å². The molecule has 0 bridgehead atoms. The zero-order chi connectivity index (χ0) is 14.6. The van der Waals surface area contributed by atoms with Gasteiger partial charge in [0.05, 0.1) is 0 Å². The Labute approximate surface area is 115 Å². The second-order valence-corrected chi connectivity index (χ2v) is 6.27. The van der Waals surface area contributed by atoms with E-state index in [0.29, 0.717) is 6.54 Å². The minimum absolute atomic E-state index is 0.219. The van der Waals surface area contributed by atoms with Gasteiger partial charge in [-0.05, 0) is 30.7 Å². The minimum atomic E-state index is 0.219. The molecule has 3 N–H and O–H groups in total. The van der Waals surface area contributed by atoms with Crippen molar-refractivity contribution in [3.63, 3.8) is 0 Å². The Morgan fingerprint density at radius 2 is 1.17 bits per heavy atom. The molecule has 0 aromatic rings. The molecule has 3 nitrogen and oxygen atoms in total. The Morgan fingerprint density at radius 1 is 0.833 bits per heavy atom. The van der Waals surface area contributed by atoms with Gasteiger partial charge in [0.1, 0.15) is 0 Å². The van der Waals surface area contributed by atoms with Crippen LogP contribution in [0.5, 0.6) is 0 Å². The number of nitrogens with zero attached hydrogens (tertiary/aromatic N) is 1. The molecule has 0 aromatic heterocycles. The molecular formula is C15H36N2O. The highest BCUT2D eigenvalue weighted by Gasteiger charge is 2.10. The Balaban J connectivity index is 0. The molecule has 0 saturated heterocycles. The van der Waals surface area contributed by atoms with Crippen molar-refractivity contribution in [3.05, 3.63) is 0 Å². The van der Waals surface area contributed by atoms with Crippen LogP contribution >= 0.6 is 0 Å². The van der Waals surface area contributed by atoms with E-state index >= 15 is 0 Å². The summed E-state index contributed by atoms with van der Waals surface area (Å²) in [6.07, 6.45) is 0.722. The van der Waals surface area contributed by atoms with E-state index in [1.54, 1.807) is 0 Å². The van der Waals surface area contributed by atoms with Gasteiger partial charge in [-0.2, -0.15) is 0 Å². The summed E-state index contributed by atoms with van der Waals surface area (Å²) in [5.74, 6) is 2.37. The molecule has 0 heterocycles. The predicted octanol–water partition coefficient (Wildman–Crippen LogP) is 2.58. The molecular weight excluding hydrogens is 224 g/mol. The quantitative estimate of drug-likeness (QED) is 0.705. The van der Waals surface area contributed by atoms with Gasteiger partial charge in [-0.3, -0.25) is 0 Å². The van der Waals surface area contributed by atoms with Crippen molar-refractivity contribution in [2.75, 3.05) is 32.8 Å². The zero-order valence-electron chi connectivity index (χ0n) is 13.4. The first-order valence-corrected chi connectivity index (χ1v) is 7.36. The minimum Gasteiger partial charge on any atom is -0.396 e. The molecule has 0 radical (unpaired) electrons. The van der Waals surface area contributed by atoms with Gasteiger partial charge in [0.25, 0.3) is 0 Å². The summed E-state index contributed by atoms with van der Waals surface area (Å²) >= 11 is 0. The largest absolute Gasteiger partial charge is 0.396 e. The highest BCUT2D eigenvalue weighted by atomic mass is 16.2. The molecule has 0 saturated carbocycles. The third kappa shape index (κ3) is 18.3. The van der Waals surface area contributed by atoms with E-state index in [2.05, 4.69) is 46.4 Å². The number of hydrogen-bond donors (Lipinski definition) is 2. The second kappa shape index (κ2) is 13.3. The normalized spacial score (nSPS) is 11.3. The van der Waals surface area contributed by atoms with E-state index < -0.39 is 0 Å². The van der Waals surface area contributed by atoms with Gasteiger partial charge in [-0.25, -0.2) is 0 Å². The Hall–Kier alpha value is -0.120. The Bertz CT molecular complexity index is 133. The van der Waals surface area contributed by atoms with Gasteiger partial charge in [0, 0.05) is 26.2 Å². The molecule has 0 spiro atoms. The number of hydrogen-bond acceptors (Lipinski definition) is 3. The van der Waals surface area contributed by atoms with Crippen LogP contribution in [0.3, 0.4) is 0 Å². The number of aliphatic hydroxyl groups excluding tert-OH is 1. The summed E-state index contributed by atoms with van der Waals surface area (Å²) in [6.45, 7) is 18.3. The highest BCUT2D eigenvalue weighted by Crippen LogP contribution is 2.06. The van der Waals surface area contributed by atoms with Gasteiger partial charge in [0.15, 0.2) is 0 Å². The Morgan fingerprint density at radius 3 is 1.28 bits per heavy atom. The number of aliphatic hydroxyl groups is 1. The van der Waals surface area contributed by atoms with E-state index in [4.69, 9.17) is 10.8 Å². The number of nitrogens with two attached hydrogens (primary N) is 1. The van der Waals surface area contributed by atoms with Crippen molar-refractivity contribution >= 4 is 0 Å². The lowest BCUT2D eigenvalue weighted by molar-refractivity contribution is 0.198. The second-order valence-electron chi connectivity index (χ2n) is 6.27. The van der Waals surface area contributed by atoms with E-state index in [9.17, 15) is 0 Å². The summed E-state index contributed by atoms with van der Waals surface area (Å²) in [5, 5.41) is 7.99. The first kappa shape index (κ1) is 20.2. The fourth-order valence-corrected chi connectivity index (χ4v) is 1.86. The molecule has 0 aromatic carbocycles. The third-order valence-corrected chi connectivity index (χ3v) is 2.23. The maximum atomic E-state index is 7.99. The average molecular weight is 260 g/mol. The molecule has 0 amide bonds. The van der Waals surface area contributed by atoms with Gasteiger partial charge in [0.2, 0.25) is 0 Å². The molecule has 0 fully saturated rings. The summed E-state index contributed by atoms with van der Waals surface area (Å²) in [5.41, 5.74) is 4.98. The zero-order valence-corrected chi connectivity index (χ0v) is 13.4. The monoisotopic (exact) mass is 260 g/mol. The van der Waals surface area contributed by atoms with Crippen LogP contribution in [0.2, 0.25) is 0 Å². The lowest BCUT2D eigenvalue weighted by Gasteiger charge is -2.27. The van der Waals surface area contributed by atoms with E-state index in [1.807, 2.05) is 0 Å². The van der Waals surface area contributed by atoms with Crippen LogP contribution < -0.4 is 5.73 Å². The van der Waals surface area contributed by atoms with Gasteiger partial charge >= 0.3 is 0 Å². The molecule has 0 atom stereocenters. The molecule has 0 aliphatic rings. The van der Waals surface area contributed by atoms with Crippen LogP contribution in [0.1, 0.15) is 48.0 Å². The lowest BCUT2D eigenvalue weighted by atomic mass is 10.1. The first-order chi connectivity index (χ1) is 8.33. The van der Waals surface area contributed by atoms with Crippen LogP contribution in [0.25, 0.3) is 0 Å². The lowest BCUT2D eigenvalue weighted by Crippen LogP contribution is -2.34. The van der Waals surface area contributed by atoms with Crippen molar-refractivity contribution in [3.8, 4) is 0 Å². The van der Waals surface area contributed by atoms with E-state index in [-0.39, 0.29) is 6.61 Å². The SMILES string of the molecule is CC(C)CN(CC(C)C)CC(C)C.NCCCO. The standard InChI is InChI=1S/C12H27N.C3H9NO/c1-10(2)7-13(8-11(3)4)9-12(5)6;4-2-1-3-5/h10-12H,7-9H2,1-6H3;5H,1-4H2. The topological polar surface area (TPSA) is 49.5 Å². The number of rotatable bonds is 8. The summed E-state index contributed by atoms with van der Waals surface area (Å²) < 4.78 is 0. The van der Waals surface area contributed by atoms with Crippen LogP contribution in [0, 0.1) is 17.8 Å². The Kier molecular flexibility index (Phi) is 14.9. The average Bonchev–Trinajstić information content (AvgIpc) is 2.16. The van der Waals surface area contributed by atoms with Crippen LogP contribution in [0.4, 0.5) is 0 Å². The summed E-state index contributed by atoms with van der Waals surface area (Å²) in [4.78, 5) is 2.60. The molecule has 3 heteroatoms.